The Morgan fingerprint density at radius 2 is 1.09 bits per heavy atom. The summed E-state index contributed by atoms with van der Waals surface area (Å²) < 4.78 is 0. The van der Waals surface area contributed by atoms with E-state index in [2.05, 4.69) is 27.7 Å². The SMILES string of the molecule is [CH2-]CCCC.[CH2-]CCCC.[Cd+2]. The molecule has 0 aliphatic heterocycles. The van der Waals surface area contributed by atoms with Crippen LogP contribution in [0.15, 0.2) is 0 Å². The molecule has 0 rings (SSSR count). The Bertz CT molecular complexity index is 25.9. The fourth-order valence-electron chi connectivity index (χ4n) is 0.500. The van der Waals surface area contributed by atoms with E-state index in [0.717, 1.165) is 12.8 Å². The van der Waals surface area contributed by atoms with Crippen LogP contribution in [-0.4, -0.2) is 0 Å². The molecular formula is C10H22Cd. The van der Waals surface area contributed by atoms with Gasteiger partial charge in [-0.3, -0.25) is 0 Å². The predicted molar refractivity (Wildman–Crippen MR) is 49.8 cm³/mol. The first kappa shape index (κ1) is 17.9. The van der Waals surface area contributed by atoms with E-state index in [0.29, 0.717) is 0 Å². The molecule has 0 aromatic carbocycles. The van der Waals surface area contributed by atoms with E-state index < -0.39 is 0 Å². The van der Waals surface area contributed by atoms with Crippen LogP contribution in [0.4, 0.5) is 0 Å². The summed E-state index contributed by atoms with van der Waals surface area (Å²) in [5, 5.41) is 0. The average Bonchev–Trinajstić information content (AvgIpc) is 1.93. The first-order valence-electron chi connectivity index (χ1n) is 4.41. The molecule has 0 aliphatic rings. The van der Waals surface area contributed by atoms with Gasteiger partial charge in [-0.2, -0.15) is 12.8 Å². The molecule has 0 bridgehead atoms. The molecule has 0 unspecified atom stereocenters. The molecule has 0 aliphatic carbocycles. The van der Waals surface area contributed by atoms with E-state index in [9.17, 15) is 0 Å². The number of rotatable bonds is 4. The fourth-order valence-corrected chi connectivity index (χ4v) is 0.500. The van der Waals surface area contributed by atoms with Crippen molar-refractivity contribution in [3.63, 3.8) is 0 Å². The smallest absolute Gasteiger partial charge is 0.343 e. The maximum atomic E-state index is 3.68. The van der Waals surface area contributed by atoms with Crippen molar-refractivity contribution in [2.75, 3.05) is 0 Å². The Morgan fingerprint density at radius 1 is 0.818 bits per heavy atom. The largest absolute Gasteiger partial charge is 2.00 e. The Hall–Kier alpha value is 0.922. The predicted octanol–water partition coefficient (Wildman–Crippen LogP) is 4.02. The summed E-state index contributed by atoms with van der Waals surface area (Å²) in [7, 11) is 0. The van der Waals surface area contributed by atoms with Crippen LogP contribution in [0.1, 0.15) is 52.4 Å². The minimum absolute atomic E-state index is 0. The molecule has 0 spiro atoms. The van der Waals surface area contributed by atoms with Gasteiger partial charge >= 0.3 is 27.3 Å². The molecule has 0 nitrogen and oxygen atoms in total. The Labute approximate surface area is 93.3 Å². The van der Waals surface area contributed by atoms with Crippen molar-refractivity contribution >= 4 is 0 Å². The van der Waals surface area contributed by atoms with E-state index in [4.69, 9.17) is 0 Å². The van der Waals surface area contributed by atoms with Gasteiger partial charge in [0.1, 0.15) is 0 Å². The van der Waals surface area contributed by atoms with Gasteiger partial charge in [0.05, 0.1) is 0 Å². The summed E-state index contributed by atoms with van der Waals surface area (Å²) >= 11 is 0. The van der Waals surface area contributed by atoms with Gasteiger partial charge in [0.2, 0.25) is 0 Å². The average molecular weight is 255 g/mol. The monoisotopic (exact) mass is 256 g/mol. The van der Waals surface area contributed by atoms with Gasteiger partial charge in [0.15, 0.2) is 0 Å². The molecule has 11 heavy (non-hydrogen) atoms. The maximum absolute atomic E-state index is 3.68. The minimum Gasteiger partial charge on any atom is -0.343 e. The van der Waals surface area contributed by atoms with Crippen molar-refractivity contribution < 1.29 is 27.3 Å². The van der Waals surface area contributed by atoms with Crippen molar-refractivity contribution in [1.82, 2.24) is 0 Å². The van der Waals surface area contributed by atoms with Crippen molar-refractivity contribution in [2.24, 2.45) is 0 Å². The second-order valence-electron chi connectivity index (χ2n) is 2.41. The van der Waals surface area contributed by atoms with Crippen LogP contribution in [0.2, 0.25) is 0 Å². The van der Waals surface area contributed by atoms with Crippen LogP contribution < -0.4 is 0 Å². The molecule has 0 N–H and O–H groups in total. The summed E-state index contributed by atoms with van der Waals surface area (Å²) in [5.74, 6) is 0. The molecule has 1 heteroatoms. The van der Waals surface area contributed by atoms with E-state index in [1.165, 1.54) is 25.7 Å². The van der Waals surface area contributed by atoms with E-state index in [-0.39, 0.29) is 27.3 Å². The second kappa shape index (κ2) is 22.4. The molecule has 0 amide bonds. The second-order valence-corrected chi connectivity index (χ2v) is 2.41. The zero-order chi connectivity index (χ0) is 8.24. The van der Waals surface area contributed by atoms with Crippen LogP contribution in [0.25, 0.3) is 0 Å². The molecule has 0 saturated heterocycles. The zero-order valence-electron chi connectivity index (χ0n) is 8.36. The van der Waals surface area contributed by atoms with Crippen LogP contribution in [0, 0.1) is 13.8 Å². The third-order valence-electron chi connectivity index (χ3n) is 1.21. The van der Waals surface area contributed by atoms with Gasteiger partial charge < -0.3 is 13.8 Å². The molecule has 0 heterocycles. The third-order valence-corrected chi connectivity index (χ3v) is 1.21. The first-order chi connectivity index (χ1) is 4.83. The molecule has 64 valence electrons. The molecule has 0 fully saturated rings. The topological polar surface area (TPSA) is 0 Å². The zero-order valence-corrected chi connectivity index (χ0v) is 12.4. The van der Waals surface area contributed by atoms with Gasteiger partial charge in [-0.05, 0) is 0 Å². The van der Waals surface area contributed by atoms with Gasteiger partial charge in [-0.25, -0.2) is 0 Å². The van der Waals surface area contributed by atoms with E-state index in [1.54, 1.807) is 0 Å². The number of hydrogen-bond acceptors (Lipinski definition) is 0. The van der Waals surface area contributed by atoms with Crippen molar-refractivity contribution in [2.45, 2.75) is 52.4 Å². The van der Waals surface area contributed by atoms with Gasteiger partial charge in [0, 0.05) is 0 Å². The molecule has 0 radical (unpaired) electrons. The van der Waals surface area contributed by atoms with Crippen molar-refractivity contribution in [3.05, 3.63) is 13.8 Å². The molecule has 0 saturated carbocycles. The summed E-state index contributed by atoms with van der Waals surface area (Å²) in [6.45, 7) is 11.7. The summed E-state index contributed by atoms with van der Waals surface area (Å²) in [6, 6.07) is 0. The Balaban J connectivity index is -0.000000107. The first-order valence-corrected chi connectivity index (χ1v) is 4.41. The number of unbranched alkanes of at least 4 members (excludes halogenated alkanes) is 4. The van der Waals surface area contributed by atoms with Gasteiger partial charge in [0.25, 0.3) is 0 Å². The van der Waals surface area contributed by atoms with E-state index >= 15 is 0 Å². The van der Waals surface area contributed by atoms with E-state index in [1.807, 2.05) is 0 Å². The fraction of sp³-hybridized carbons (Fsp3) is 0.800. The Morgan fingerprint density at radius 3 is 1.09 bits per heavy atom. The van der Waals surface area contributed by atoms with Crippen LogP contribution in [0.5, 0.6) is 0 Å². The van der Waals surface area contributed by atoms with Crippen LogP contribution in [-0.2, 0) is 27.3 Å². The maximum Gasteiger partial charge on any atom is 2.00 e. The summed E-state index contributed by atoms with van der Waals surface area (Å²) in [5.41, 5.74) is 0. The molecule has 0 aromatic rings. The van der Waals surface area contributed by atoms with Crippen molar-refractivity contribution in [1.29, 1.82) is 0 Å². The molecule has 0 aromatic heterocycles. The van der Waals surface area contributed by atoms with Gasteiger partial charge in [-0.1, -0.05) is 39.5 Å². The summed E-state index contributed by atoms with van der Waals surface area (Å²) in [6.07, 6.45) is 7.31. The molecule has 0 atom stereocenters. The standard InChI is InChI=1S/2C5H11.Cd/c2*1-3-5-4-2;/h2*1,3-5H2,2H3;/q2*-1;+2. The summed E-state index contributed by atoms with van der Waals surface area (Å²) in [4.78, 5) is 0. The quantitative estimate of drug-likeness (QED) is 0.525. The number of hydrogen-bond donors (Lipinski definition) is 0. The van der Waals surface area contributed by atoms with Crippen LogP contribution in [0.3, 0.4) is 0 Å². The normalized spacial score (nSPS) is 7.64. The van der Waals surface area contributed by atoms with Gasteiger partial charge in [-0.15, -0.1) is 0 Å². The Kier molecular flexibility index (Phi) is 36.4. The van der Waals surface area contributed by atoms with Crippen molar-refractivity contribution in [3.8, 4) is 0 Å². The molecular weight excluding hydrogens is 233 g/mol. The van der Waals surface area contributed by atoms with Crippen LogP contribution >= 0.6 is 0 Å². The minimum atomic E-state index is 0. The third kappa shape index (κ3) is 35.9.